The Labute approximate surface area is 105 Å². The van der Waals surface area contributed by atoms with E-state index in [0.717, 1.165) is 11.5 Å². The minimum Gasteiger partial charge on any atom is -0.396 e. The first-order valence-corrected chi connectivity index (χ1v) is 5.70. The molecule has 1 aromatic carbocycles. The second-order valence-corrected chi connectivity index (χ2v) is 4.42. The third kappa shape index (κ3) is 2.87. The van der Waals surface area contributed by atoms with Crippen molar-refractivity contribution in [3.63, 3.8) is 0 Å². The second kappa shape index (κ2) is 5.18. The quantitative estimate of drug-likeness (QED) is 0.845. The van der Waals surface area contributed by atoms with Crippen LogP contribution in [0.25, 0.3) is 0 Å². The van der Waals surface area contributed by atoms with Crippen LogP contribution in [0.3, 0.4) is 0 Å². The van der Waals surface area contributed by atoms with Gasteiger partial charge in [-0.05, 0) is 20.0 Å². The Balaban J connectivity index is 2.03. The average Bonchev–Trinajstić information content (AvgIpc) is 2.70. The number of halogens is 1. The maximum absolute atomic E-state index is 13.7. The number of nitrogens with two attached hydrogens (primary N) is 1. The van der Waals surface area contributed by atoms with Crippen LogP contribution in [0.4, 0.5) is 10.1 Å². The third-order valence-corrected chi connectivity index (χ3v) is 2.66. The lowest BCUT2D eigenvalue weighted by atomic mass is 10.1. The van der Waals surface area contributed by atoms with Crippen molar-refractivity contribution < 1.29 is 8.91 Å². The van der Waals surface area contributed by atoms with Gasteiger partial charge in [0.1, 0.15) is 5.76 Å². The largest absolute Gasteiger partial charge is 0.396 e. The van der Waals surface area contributed by atoms with E-state index in [1.165, 1.54) is 0 Å². The van der Waals surface area contributed by atoms with Crippen molar-refractivity contribution in [1.29, 1.82) is 0 Å². The molecular formula is C13H16FN3O. The number of benzene rings is 1. The van der Waals surface area contributed by atoms with Crippen molar-refractivity contribution in [2.75, 3.05) is 12.8 Å². The van der Waals surface area contributed by atoms with Gasteiger partial charge in [-0.1, -0.05) is 17.3 Å². The summed E-state index contributed by atoms with van der Waals surface area (Å²) in [4.78, 5) is 1.95. The van der Waals surface area contributed by atoms with Crippen LogP contribution in [0.1, 0.15) is 17.0 Å². The molecule has 1 aromatic heterocycles. The number of nitrogen functional groups attached to an aromatic ring is 1. The van der Waals surface area contributed by atoms with Crippen molar-refractivity contribution >= 4 is 5.69 Å². The lowest BCUT2D eigenvalue weighted by molar-refractivity contribution is 0.298. The number of hydrogen-bond acceptors (Lipinski definition) is 4. The summed E-state index contributed by atoms with van der Waals surface area (Å²) < 4.78 is 18.7. The third-order valence-electron chi connectivity index (χ3n) is 2.66. The molecule has 1 heterocycles. The zero-order valence-electron chi connectivity index (χ0n) is 10.5. The van der Waals surface area contributed by atoms with E-state index >= 15 is 0 Å². The molecule has 0 radical (unpaired) electrons. The van der Waals surface area contributed by atoms with Crippen LogP contribution in [0.5, 0.6) is 0 Å². The Hall–Kier alpha value is -1.88. The first kappa shape index (κ1) is 12.6. The lowest BCUT2D eigenvalue weighted by Gasteiger charge is -2.15. The van der Waals surface area contributed by atoms with Crippen molar-refractivity contribution in [3.8, 4) is 0 Å². The van der Waals surface area contributed by atoms with E-state index in [0.29, 0.717) is 18.7 Å². The van der Waals surface area contributed by atoms with Crippen LogP contribution < -0.4 is 5.73 Å². The van der Waals surface area contributed by atoms with Crippen molar-refractivity contribution in [2.45, 2.75) is 20.0 Å². The van der Waals surface area contributed by atoms with Gasteiger partial charge < -0.3 is 10.3 Å². The molecule has 0 aliphatic heterocycles. The zero-order chi connectivity index (χ0) is 13.1. The number of nitrogens with zero attached hydrogens (tertiary/aromatic N) is 2. The number of aryl methyl sites for hydroxylation is 1. The van der Waals surface area contributed by atoms with Crippen molar-refractivity contribution in [2.24, 2.45) is 0 Å². The van der Waals surface area contributed by atoms with Gasteiger partial charge in [0, 0.05) is 24.7 Å². The van der Waals surface area contributed by atoms with E-state index in [2.05, 4.69) is 5.16 Å². The molecule has 2 rings (SSSR count). The molecule has 2 N–H and O–H groups in total. The van der Waals surface area contributed by atoms with Gasteiger partial charge in [-0.15, -0.1) is 0 Å². The Bertz CT molecular complexity index is 539. The summed E-state index contributed by atoms with van der Waals surface area (Å²) >= 11 is 0. The predicted octanol–water partition coefficient (Wildman–Crippen LogP) is 2.34. The summed E-state index contributed by atoms with van der Waals surface area (Å²) in [5, 5.41) is 3.90. The molecule has 0 bridgehead atoms. The normalized spacial score (nSPS) is 11.1. The molecule has 0 fully saturated rings. The van der Waals surface area contributed by atoms with Crippen molar-refractivity contribution in [3.05, 3.63) is 47.1 Å². The lowest BCUT2D eigenvalue weighted by Crippen LogP contribution is -2.18. The highest BCUT2D eigenvalue weighted by Crippen LogP contribution is 2.16. The number of aromatic nitrogens is 1. The molecule has 18 heavy (non-hydrogen) atoms. The van der Waals surface area contributed by atoms with Crippen LogP contribution in [0.15, 0.2) is 28.8 Å². The Morgan fingerprint density at radius 2 is 2.17 bits per heavy atom. The number of rotatable bonds is 4. The summed E-state index contributed by atoms with van der Waals surface area (Å²) in [5.41, 5.74) is 7.12. The van der Waals surface area contributed by atoms with E-state index in [1.54, 1.807) is 18.2 Å². The molecule has 0 aliphatic rings. The van der Waals surface area contributed by atoms with Gasteiger partial charge in [-0.25, -0.2) is 4.39 Å². The Morgan fingerprint density at radius 3 is 2.83 bits per heavy atom. The van der Waals surface area contributed by atoms with Crippen LogP contribution in [-0.4, -0.2) is 17.1 Å². The highest BCUT2D eigenvalue weighted by Gasteiger charge is 2.10. The van der Waals surface area contributed by atoms with Gasteiger partial charge in [0.15, 0.2) is 5.82 Å². The van der Waals surface area contributed by atoms with Gasteiger partial charge in [0.05, 0.1) is 11.4 Å². The molecule has 0 amide bonds. The minimum absolute atomic E-state index is 0.179. The van der Waals surface area contributed by atoms with Crippen LogP contribution >= 0.6 is 0 Å². The predicted molar refractivity (Wildman–Crippen MR) is 67.2 cm³/mol. The standard InChI is InChI=1S/C13H16FN3O/c1-9-6-11(16-18-9)8-17(2)7-10-4-3-5-12(15)13(10)14/h3-6H,7-8,15H2,1-2H3. The summed E-state index contributed by atoms with van der Waals surface area (Å²) in [5.74, 6) is 0.425. The molecule has 0 spiro atoms. The van der Waals surface area contributed by atoms with Crippen LogP contribution in [-0.2, 0) is 13.1 Å². The van der Waals surface area contributed by atoms with Gasteiger partial charge >= 0.3 is 0 Å². The average molecular weight is 249 g/mol. The van der Waals surface area contributed by atoms with E-state index in [1.807, 2.05) is 24.9 Å². The molecule has 2 aromatic rings. The maximum Gasteiger partial charge on any atom is 0.150 e. The van der Waals surface area contributed by atoms with Gasteiger partial charge in [0.2, 0.25) is 0 Å². The Morgan fingerprint density at radius 1 is 1.39 bits per heavy atom. The van der Waals surface area contributed by atoms with Gasteiger partial charge in [0.25, 0.3) is 0 Å². The Kier molecular flexibility index (Phi) is 3.62. The molecule has 5 heteroatoms. The maximum atomic E-state index is 13.7. The summed E-state index contributed by atoms with van der Waals surface area (Å²) in [7, 11) is 1.90. The van der Waals surface area contributed by atoms with E-state index in [9.17, 15) is 4.39 Å². The monoisotopic (exact) mass is 249 g/mol. The number of hydrogen-bond donors (Lipinski definition) is 1. The highest BCUT2D eigenvalue weighted by molar-refractivity contribution is 5.42. The molecule has 0 saturated heterocycles. The van der Waals surface area contributed by atoms with Crippen LogP contribution in [0, 0.1) is 12.7 Å². The zero-order valence-corrected chi connectivity index (χ0v) is 10.5. The smallest absolute Gasteiger partial charge is 0.150 e. The van der Waals surface area contributed by atoms with Gasteiger partial charge in [-0.3, -0.25) is 4.90 Å². The summed E-state index contributed by atoms with van der Waals surface area (Å²) in [6.45, 7) is 2.92. The minimum atomic E-state index is -0.347. The SMILES string of the molecule is Cc1cc(CN(C)Cc2cccc(N)c2F)no1. The van der Waals surface area contributed by atoms with E-state index < -0.39 is 0 Å². The summed E-state index contributed by atoms with van der Waals surface area (Å²) in [6, 6.07) is 6.91. The van der Waals surface area contributed by atoms with Gasteiger partial charge in [-0.2, -0.15) is 0 Å². The molecule has 0 aliphatic carbocycles. The molecule has 0 unspecified atom stereocenters. The fourth-order valence-corrected chi connectivity index (χ4v) is 1.84. The summed E-state index contributed by atoms with van der Waals surface area (Å²) in [6.07, 6.45) is 0. The first-order chi connectivity index (χ1) is 8.56. The topological polar surface area (TPSA) is 55.3 Å². The fraction of sp³-hybridized carbons (Fsp3) is 0.308. The molecular weight excluding hydrogens is 233 g/mol. The first-order valence-electron chi connectivity index (χ1n) is 5.70. The number of anilines is 1. The van der Waals surface area contributed by atoms with E-state index in [-0.39, 0.29) is 11.5 Å². The fourth-order valence-electron chi connectivity index (χ4n) is 1.84. The van der Waals surface area contributed by atoms with Crippen molar-refractivity contribution in [1.82, 2.24) is 10.1 Å². The van der Waals surface area contributed by atoms with Crippen LogP contribution in [0.2, 0.25) is 0 Å². The molecule has 0 atom stereocenters. The molecule has 96 valence electrons. The second-order valence-electron chi connectivity index (χ2n) is 4.42. The van der Waals surface area contributed by atoms with E-state index in [4.69, 9.17) is 10.3 Å². The molecule has 4 nitrogen and oxygen atoms in total. The highest BCUT2D eigenvalue weighted by atomic mass is 19.1. The molecule has 0 saturated carbocycles.